The second-order valence-corrected chi connectivity index (χ2v) is 11.4. The van der Waals surface area contributed by atoms with E-state index in [-0.39, 0.29) is 10.6 Å². The van der Waals surface area contributed by atoms with Crippen molar-refractivity contribution in [2.24, 2.45) is 0 Å². The molecule has 0 fully saturated rings. The Bertz CT molecular complexity index is 1460. The number of fused-ring (bicyclic) bond motifs is 1. The molecule has 0 aliphatic rings. The first-order chi connectivity index (χ1) is 17.2. The lowest BCUT2D eigenvalue weighted by Gasteiger charge is -2.19. The quantitative estimate of drug-likeness (QED) is 0.295. The maximum absolute atomic E-state index is 13.4. The lowest BCUT2D eigenvalue weighted by atomic mass is 10.1. The van der Waals surface area contributed by atoms with Gasteiger partial charge in [0, 0.05) is 22.7 Å². The molecule has 11 heteroatoms. The van der Waals surface area contributed by atoms with Gasteiger partial charge in [-0.25, -0.2) is 13.4 Å². The SMILES string of the molecule is CCS(=O)(=O)c1ccc(C(Oc2cccc(Cl)c2)C(=O)Nc2nc3cc(OC)c(OC)cc3s2)cc1. The zero-order valence-electron chi connectivity index (χ0n) is 19.6. The highest BCUT2D eigenvalue weighted by atomic mass is 35.5. The predicted molar refractivity (Wildman–Crippen MR) is 140 cm³/mol. The molecule has 0 radical (unpaired) electrons. The number of methoxy groups -OCH3 is 2. The van der Waals surface area contributed by atoms with Gasteiger partial charge in [0.05, 0.1) is 35.1 Å². The summed E-state index contributed by atoms with van der Waals surface area (Å²) in [6.45, 7) is 1.57. The molecule has 8 nitrogen and oxygen atoms in total. The van der Waals surface area contributed by atoms with Crippen LogP contribution in [0.2, 0.25) is 5.02 Å². The molecule has 1 aromatic heterocycles. The zero-order chi connectivity index (χ0) is 25.9. The summed E-state index contributed by atoms with van der Waals surface area (Å²) in [6.07, 6.45) is -1.10. The fourth-order valence-electron chi connectivity index (χ4n) is 3.45. The Morgan fingerprint density at radius 2 is 1.75 bits per heavy atom. The summed E-state index contributed by atoms with van der Waals surface area (Å²) in [5.41, 5.74) is 1.10. The van der Waals surface area contributed by atoms with Crippen molar-refractivity contribution in [3.63, 3.8) is 0 Å². The van der Waals surface area contributed by atoms with Gasteiger partial charge in [-0.15, -0.1) is 0 Å². The Balaban J connectivity index is 1.66. The Morgan fingerprint density at radius 3 is 2.39 bits per heavy atom. The van der Waals surface area contributed by atoms with Gasteiger partial charge in [-0.3, -0.25) is 10.1 Å². The van der Waals surface area contributed by atoms with Crippen LogP contribution >= 0.6 is 22.9 Å². The number of amides is 1. The number of ether oxygens (including phenoxy) is 3. The molecule has 0 saturated carbocycles. The minimum Gasteiger partial charge on any atom is -0.493 e. The molecule has 1 atom stereocenters. The topological polar surface area (TPSA) is 104 Å². The van der Waals surface area contributed by atoms with Crippen LogP contribution in [0.4, 0.5) is 5.13 Å². The summed E-state index contributed by atoms with van der Waals surface area (Å²) in [6, 6.07) is 16.2. The number of benzene rings is 3. The van der Waals surface area contributed by atoms with Crippen LogP contribution in [0.15, 0.2) is 65.6 Å². The van der Waals surface area contributed by atoms with Crippen LogP contribution in [0.5, 0.6) is 17.2 Å². The normalized spacial score (nSPS) is 12.2. The van der Waals surface area contributed by atoms with E-state index in [1.165, 1.54) is 30.6 Å². The highest BCUT2D eigenvalue weighted by molar-refractivity contribution is 7.91. The zero-order valence-corrected chi connectivity index (χ0v) is 22.0. The van der Waals surface area contributed by atoms with Crippen molar-refractivity contribution in [3.05, 3.63) is 71.2 Å². The first kappa shape index (κ1) is 25.7. The third-order valence-electron chi connectivity index (χ3n) is 5.33. The molecule has 188 valence electrons. The number of carbonyl (C=O) groups is 1. The largest absolute Gasteiger partial charge is 0.493 e. The van der Waals surface area contributed by atoms with Gasteiger partial charge in [0.2, 0.25) is 6.10 Å². The summed E-state index contributed by atoms with van der Waals surface area (Å²) >= 11 is 7.36. The van der Waals surface area contributed by atoms with Gasteiger partial charge >= 0.3 is 0 Å². The van der Waals surface area contributed by atoms with Gasteiger partial charge < -0.3 is 14.2 Å². The smallest absolute Gasteiger partial charge is 0.271 e. The van der Waals surface area contributed by atoms with Crippen LogP contribution in [-0.2, 0) is 14.6 Å². The van der Waals surface area contributed by atoms with Gasteiger partial charge in [0.15, 0.2) is 26.5 Å². The van der Waals surface area contributed by atoms with Crippen molar-refractivity contribution in [1.82, 2.24) is 4.98 Å². The molecule has 1 N–H and O–H groups in total. The van der Waals surface area contributed by atoms with E-state index in [1.54, 1.807) is 62.6 Å². The maximum atomic E-state index is 13.4. The Kier molecular flexibility index (Phi) is 7.67. The predicted octanol–water partition coefficient (Wildman–Crippen LogP) is 5.52. The summed E-state index contributed by atoms with van der Waals surface area (Å²) in [5.74, 6) is 0.946. The lowest BCUT2D eigenvalue weighted by molar-refractivity contribution is -0.123. The number of nitrogens with zero attached hydrogens (tertiary/aromatic N) is 1. The molecule has 0 aliphatic heterocycles. The van der Waals surface area contributed by atoms with Crippen molar-refractivity contribution in [3.8, 4) is 17.2 Å². The minimum atomic E-state index is -3.39. The fraction of sp³-hybridized carbons (Fsp3) is 0.200. The van der Waals surface area contributed by atoms with E-state index in [1.807, 2.05) is 0 Å². The fourth-order valence-corrected chi connectivity index (χ4v) is 5.39. The number of sulfone groups is 1. The molecule has 0 saturated heterocycles. The minimum absolute atomic E-state index is 0.0253. The number of rotatable bonds is 9. The van der Waals surface area contributed by atoms with E-state index in [0.717, 1.165) is 4.70 Å². The number of nitrogens with one attached hydrogen (secondary N) is 1. The van der Waals surface area contributed by atoms with Crippen LogP contribution in [-0.4, -0.2) is 39.3 Å². The molecule has 36 heavy (non-hydrogen) atoms. The highest BCUT2D eigenvalue weighted by Crippen LogP contribution is 2.36. The Labute approximate surface area is 217 Å². The standard InChI is InChI=1S/C25H23ClN2O6S2/c1-4-36(30,31)18-10-8-15(9-11-18)23(34-17-7-5-6-16(26)12-17)24(29)28-25-27-19-13-20(32-2)21(33-3)14-22(19)35-25/h5-14,23H,4H2,1-3H3,(H,27,28,29). The van der Waals surface area contributed by atoms with Crippen molar-refractivity contribution in [2.45, 2.75) is 17.9 Å². The first-order valence-electron chi connectivity index (χ1n) is 10.8. The van der Waals surface area contributed by atoms with E-state index in [9.17, 15) is 13.2 Å². The van der Waals surface area contributed by atoms with E-state index < -0.39 is 21.8 Å². The van der Waals surface area contributed by atoms with E-state index >= 15 is 0 Å². The highest BCUT2D eigenvalue weighted by Gasteiger charge is 2.25. The van der Waals surface area contributed by atoms with Crippen LogP contribution < -0.4 is 19.5 Å². The molecule has 3 aromatic carbocycles. The molecular weight excluding hydrogens is 524 g/mol. The van der Waals surface area contributed by atoms with Gasteiger partial charge in [-0.2, -0.15) is 0 Å². The molecule has 1 heterocycles. The number of halogens is 1. The van der Waals surface area contributed by atoms with Crippen LogP contribution in [0.25, 0.3) is 10.2 Å². The molecule has 1 amide bonds. The molecular formula is C25H23ClN2O6S2. The van der Waals surface area contributed by atoms with Crippen LogP contribution in [0, 0.1) is 0 Å². The van der Waals surface area contributed by atoms with Crippen LogP contribution in [0.1, 0.15) is 18.6 Å². The summed E-state index contributed by atoms with van der Waals surface area (Å²) in [5, 5.41) is 3.61. The van der Waals surface area contributed by atoms with Crippen molar-refractivity contribution in [1.29, 1.82) is 0 Å². The third kappa shape index (κ3) is 5.56. The Hall–Kier alpha value is -3.34. The summed E-state index contributed by atoms with van der Waals surface area (Å²) in [4.78, 5) is 18.1. The molecule has 1 unspecified atom stereocenters. The van der Waals surface area contributed by atoms with Crippen molar-refractivity contribution in [2.75, 3.05) is 25.3 Å². The molecule has 4 aromatic rings. The number of aromatic nitrogens is 1. The van der Waals surface area contributed by atoms with Gasteiger partial charge in [0.1, 0.15) is 5.75 Å². The average Bonchev–Trinajstić information content (AvgIpc) is 3.27. The number of anilines is 1. The number of carbonyl (C=O) groups excluding carboxylic acids is 1. The number of thiazole rings is 1. The monoisotopic (exact) mass is 546 g/mol. The van der Waals surface area contributed by atoms with Crippen LogP contribution in [0.3, 0.4) is 0 Å². The molecule has 0 bridgehead atoms. The molecule has 0 spiro atoms. The summed E-state index contributed by atoms with van der Waals surface area (Å²) in [7, 11) is -0.309. The second-order valence-electron chi connectivity index (χ2n) is 7.61. The number of hydrogen-bond donors (Lipinski definition) is 1. The van der Waals surface area contributed by atoms with E-state index in [2.05, 4.69) is 10.3 Å². The first-order valence-corrected chi connectivity index (χ1v) is 13.7. The molecule has 4 rings (SSSR count). The lowest BCUT2D eigenvalue weighted by Crippen LogP contribution is -2.25. The van der Waals surface area contributed by atoms with Crippen molar-refractivity contribution < 1.29 is 27.4 Å². The van der Waals surface area contributed by atoms with Gasteiger partial charge in [-0.1, -0.05) is 48.1 Å². The maximum Gasteiger partial charge on any atom is 0.271 e. The van der Waals surface area contributed by atoms with Gasteiger partial charge in [0.25, 0.3) is 5.91 Å². The second kappa shape index (κ2) is 10.7. The van der Waals surface area contributed by atoms with Crippen molar-refractivity contribution >= 4 is 54.0 Å². The third-order valence-corrected chi connectivity index (χ3v) is 8.25. The summed E-state index contributed by atoms with van der Waals surface area (Å²) < 4.78 is 41.9. The Morgan fingerprint density at radius 1 is 1.06 bits per heavy atom. The average molecular weight is 547 g/mol. The van der Waals surface area contributed by atoms with Gasteiger partial charge in [-0.05, 0) is 30.3 Å². The van der Waals surface area contributed by atoms with E-state index in [4.69, 9.17) is 25.8 Å². The van der Waals surface area contributed by atoms with E-state index in [0.29, 0.717) is 38.5 Å². The number of hydrogen-bond acceptors (Lipinski definition) is 8. The molecule has 0 aliphatic carbocycles.